The second-order valence-electron chi connectivity index (χ2n) is 12.4. The number of thiazole rings is 1. The smallest absolute Gasteiger partial charge is 0.407 e. The molecular formula is C34H36FN9O2S. The quantitative estimate of drug-likeness (QED) is 0.203. The van der Waals surface area contributed by atoms with Gasteiger partial charge in [0, 0.05) is 61.5 Å². The Kier molecular flexibility index (Phi) is 8.79. The first-order valence-electron chi connectivity index (χ1n) is 15.5. The third-order valence-corrected chi connectivity index (χ3v) is 8.94. The summed E-state index contributed by atoms with van der Waals surface area (Å²) < 4.78 is 21.0. The molecule has 0 radical (unpaired) electrons. The minimum Gasteiger partial charge on any atom is -0.444 e. The zero-order valence-corrected chi connectivity index (χ0v) is 27.8. The molecule has 4 aromatic heterocycles. The molecule has 1 aliphatic rings. The average molecular weight is 654 g/mol. The number of aryl methyl sites for hydroxylation is 1. The van der Waals surface area contributed by atoms with Crippen molar-refractivity contribution in [1.29, 1.82) is 5.26 Å². The fourth-order valence-electron chi connectivity index (χ4n) is 5.60. The topological polar surface area (TPSA) is 125 Å². The molecule has 47 heavy (non-hydrogen) atoms. The molecule has 5 aromatic rings. The van der Waals surface area contributed by atoms with Crippen LogP contribution in [0.4, 0.5) is 26.1 Å². The molecular weight excluding hydrogens is 618 g/mol. The predicted molar refractivity (Wildman–Crippen MR) is 180 cm³/mol. The number of fused-ring (bicyclic) bond motifs is 1. The standard InChI is InChI=1S/C34H36FN9O2S/c1-6-26-30(42(5)32-41-29(27(17-36)47-32)21-7-10-24(35)11-8-21)44-20-22(9-12-28(44)40-26)23-18-37-31(38-19-23)43-15-13-25(14-16-43)39-33(45)46-34(2,3)4/h7-12,18-20,25H,6,13-16H2,1-5H3,(H,39,45). The highest BCUT2D eigenvalue weighted by atomic mass is 32.1. The van der Waals surface area contributed by atoms with E-state index in [9.17, 15) is 14.4 Å². The molecule has 0 spiro atoms. The number of halogens is 1. The Morgan fingerprint density at radius 2 is 1.77 bits per heavy atom. The Hall–Kier alpha value is -5.09. The lowest BCUT2D eigenvalue weighted by Crippen LogP contribution is -2.46. The number of carbonyl (C=O) groups is 1. The third kappa shape index (κ3) is 6.88. The van der Waals surface area contributed by atoms with E-state index in [4.69, 9.17) is 14.7 Å². The highest BCUT2D eigenvalue weighted by Gasteiger charge is 2.25. The van der Waals surface area contributed by atoms with Gasteiger partial charge in [0.15, 0.2) is 5.13 Å². The molecule has 11 nitrogen and oxygen atoms in total. The Labute approximate surface area is 276 Å². The number of piperidine rings is 1. The molecule has 1 N–H and O–H groups in total. The second kappa shape index (κ2) is 13.0. The van der Waals surface area contributed by atoms with E-state index in [0.717, 1.165) is 54.2 Å². The van der Waals surface area contributed by atoms with E-state index in [2.05, 4.69) is 33.2 Å². The first-order valence-corrected chi connectivity index (χ1v) is 16.3. The predicted octanol–water partition coefficient (Wildman–Crippen LogP) is 6.75. The number of aromatic nitrogens is 5. The van der Waals surface area contributed by atoms with Gasteiger partial charge in [-0.3, -0.25) is 4.40 Å². The van der Waals surface area contributed by atoms with Crippen LogP contribution in [0, 0.1) is 17.1 Å². The van der Waals surface area contributed by atoms with Gasteiger partial charge < -0.3 is 19.9 Å². The maximum absolute atomic E-state index is 13.6. The van der Waals surface area contributed by atoms with Gasteiger partial charge in [-0.25, -0.2) is 29.1 Å². The zero-order valence-electron chi connectivity index (χ0n) is 27.0. The fourth-order valence-corrected chi connectivity index (χ4v) is 6.45. The van der Waals surface area contributed by atoms with Crippen LogP contribution in [-0.4, -0.2) is 62.2 Å². The van der Waals surface area contributed by atoms with E-state index in [-0.39, 0.29) is 18.0 Å². The maximum atomic E-state index is 13.6. The number of nitriles is 1. The van der Waals surface area contributed by atoms with Gasteiger partial charge in [-0.2, -0.15) is 5.26 Å². The number of alkyl carbamates (subject to hydrolysis) is 1. The summed E-state index contributed by atoms with van der Waals surface area (Å²) in [6.07, 6.45) is 7.52. The number of imidazole rings is 1. The SMILES string of the molecule is CCc1nc2ccc(-c3cnc(N4CCC(NC(=O)OC(C)(C)C)CC4)nc3)cn2c1N(C)c1nc(-c2ccc(F)cc2)c(C#N)s1. The number of anilines is 3. The van der Waals surface area contributed by atoms with Crippen molar-refractivity contribution in [1.82, 2.24) is 29.7 Å². The minimum absolute atomic E-state index is 0.0491. The van der Waals surface area contributed by atoms with Gasteiger partial charge in [-0.05, 0) is 76.4 Å². The van der Waals surface area contributed by atoms with Crippen LogP contribution < -0.4 is 15.1 Å². The summed E-state index contributed by atoms with van der Waals surface area (Å²) in [7, 11) is 1.91. The van der Waals surface area contributed by atoms with Crippen molar-refractivity contribution in [3.05, 3.63) is 71.4 Å². The van der Waals surface area contributed by atoms with Crippen molar-refractivity contribution in [2.75, 3.05) is 29.9 Å². The van der Waals surface area contributed by atoms with E-state index in [0.29, 0.717) is 33.6 Å². The van der Waals surface area contributed by atoms with Gasteiger partial charge in [0.25, 0.3) is 0 Å². The molecule has 0 unspecified atom stereocenters. The van der Waals surface area contributed by atoms with E-state index in [1.807, 2.05) is 67.8 Å². The number of pyridine rings is 1. The molecule has 0 atom stereocenters. The summed E-state index contributed by atoms with van der Waals surface area (Å²) in [5.41, 5.74) is 4.12. The first-order chi connectivity index (χ1) is 22.5. The Bertz CT molecular complexity index is 1930. The number of hydrogen-bond donors (Lipinski definition) is 1. The molecule has 1 fully saturated rings. The van der Waals surface area contributed by atoms with Crippen LogP contribution in [0.25, 0.3) is 28.0 Å². The van der Waals surface area contributed by atoms with Crippen LogP contribution in [0.2, 0.25) is 0 Å². The summed E-state index contributed by atoms with van der Waals surface area (Å²) in [6, 6.07) is 12.3. The van der Waals surface area contributed by atoms with Crippen molar-refractivity contribution < 1.29 is 13.9 Å². The van der Waals surface area contributed by atoms with Gasteiger partial charge in [0.05, 0.1) is 5.69 Å². The lowest BCUT2D eigenvalue weighted by Gasteiger charge is -2.32. The lowest BCUT2D eigenvalue weighted by atomic mass is 10.1. The number of amides is 1. The first kappa shape index (κ1) is 31.9. The minimum atomic E-state index is -0.530. The van der Waals surface area contributed by atoms with Gasteiger partial charge in [-0.15, -0.1) is 0 Å². The van der Waals surface area contributed by atoms with Gasteiger partial charge in [0.1, 0.15) is 39.5 Å². The van der Waals surface area contributed by atoms with Crippen LogP contribution in [0.3, 0.4) is 0 Å². The molecule has 1 aromatic carbocycles. The Morgan fingerprint density at radius 1 is 1.09 bits per heavy atom. The van der Waals surface area contributed by atoms with Crippen LogP contribution in [0.1, 0.15) is 51.1 Å². The van der Waals surface area contributed by atoms with E-state index < -0.39 is 5.60 Å². The number of nitrogens with zero attached hydrogens (tertiary/aromatic N) is 8. The van der Waals surface area contributed by atoms with E-state index >= 15 is 0 Å². The van der Waals surface area contributed by atoms with Crippen molar-refractivity contribution in [3.8, 4) is 28.5 Å². The molecule has 1 amide bonds. The fraction of sp³-hybridized carbons (Fsp3) is 0.353. The van der Waals surface area contributed by atoms with Crippen LogP contribution >= 0.6 is 11.3 Å². The number of rotatable bonds is 7. The van der Waals surface area contributed by atoms with Crippen LogP contribution in [0.15, 0.2) is 55.0 Å². The third-order valence-electron chi connectivity index (χ3n) is 7.91. The summed E-state index contributed by atoms with van der Waals surface area (Å²) in [4.78, 5) is 35.7. The molecule has 0 aliphatic carbocycles. The van der Waals surface area contributed by atoms with Crippen molar-refractivity contribution in [2.45, 2.75) is 58.6 Å². The zero-order chi connectivity index (χ0) is 33.3. The van der Waals surface area contributed by atoms with Crippen LogP contribution in [0.5, 0.6) is 0 Å². The Balaban J connectivity index is 1.21. The summed E-state index contributed by atoms with van der Waals surface area (Å²) in [6.45, 7) is 9.06. The van der Waals surface area contributed by atoms with Gasteiger partial charge in [0.2, 0.25) is 5.95 Å². The van der Waals surface area contributed by atoms with E-state index in [1.165, 1.54) is 23.5 Å². The van der Waals surface area contributed by atoms with E-state index in [1.54, 1.807) is 12.1 Å². The largest absolute Gasteiger partial charge is 0.444 e. The highest BCUT2D eigenvalue weighted by molar-refractivity contribution is 7.16. The average Bonchev–Trinajstić information content (AvgIpc) is 3.66. The molecule has 6 rings (SSSR count). The maximum Gasteiger partial charge on any atom is 0.407 e. The van der Waals surface area contributed by atoms with Gasteiger partial charge in [-0.1, -0.05) is 18.3 Å². The lowest BCUT2D eigenvalue weighted by molar-refractivity contribution is 0.0497. The normalized spacial score (nSPS) is 13.9. The molecule has 0 bridgehead atoms. The molecule has 1 saturated heterocycles. The molecule has 5 heterocycles. The van der Waals surface area contributed by atoms with Gasteiger partial charge >= 0.3 is 6.09 Å². The van der Waals surface area contributed by atoms with Crippen molar-refractivity contribution in [2.24, 2.45) is 0 Å². The molecule has 13 heteroatoms. The summed E-state index contributed by atoms with van der Waals surface area (Å²) >= 11 is 1.28. The number of nitrogens with one attached hydrogen (secondary N) is 1. The second-order valence-corrected chi connectivity index (χ2v) is 13.4. The van der Waals surface area contributed by atoms with Crippen LogP contribution in [-0.2, 0) is 11.2 Å². The number of carbonyl (C=O) groups excluding carboxylic acids is 1. The molecule has 0 saturated carbocycles. The Morgan fingerprint density at radius 3 is 2.40 bits per heavy atom. The summed E-state index contributed by atoms with van der Waals surface area (Å²) in [5, 5.41) is 13.4. The van der Waals surface area contributed by atoms with Crippen molar-refractivity contribution >= 4 is 40.0 Å². The van der Waals surface area contributed by atoms with Crippen molar-refractivity contribution in [3.63, 3.8) is 0 Å². The molecule has 1 aliphatic heterocycles. The molecule has 242 valence electrons. The number of benzene rings is 1. The highest BCUT2D eigenvalue weighted by Crippen LogP contribution is 2.37. The monoisotopic (exact) mass is 653 g/mol. The summed E-state index contributed by atoms with van der Waals surface area (Å²) in [5.74, 6) is 1.15. The number of ether oxygens (including phenoxy) is 1. The number of hydrogen-bond acceptors (Lipinski definition) is 10.